The third-order valence-electron chi connectivity index (χ3n) is 3.15. The number of aliphatic hydroxyl groups excluding tert-OH is 1. The van der Waals surface area contributed by atoms with Crippen LogP contribution in [-0.4, -0.2) is 51.2 Å². The molecule has 3 atom stereocenters. The Balaban J connectivity index is 2.13. The van der Waals surface area contributed by atoms with Crippen LogP contribution in [0.4, 0.5) is 4.79 Å². The van der Waals surface area contributed by atoms with E-state index >= 15 is 0 Å². The van der Waals surface area contributed by atoms with Crippen molar-refractivity contribution in [2.45, 2.75) is 24.8 Å². The standard InChI is InChI=1S/C11H14N2O6S/c1-4(14)6-8(15)13-7(10(16)17)5(20-9(6)13)2-3-19-11(12)18/h4,6,9,14H,2-3H2,1H3,(H2,12,18)(H,16,17)/t4-,6+,9-/m1/s1. The van der Waals surface area contributed by atoms with E-state index in [0.717, 1.165) is 0 Å². The van der Waals surface area contributed by atoms with Crippen LogP contribution in [-0.2, 0) is 14.3 Å². The van der Waals surface area contributed by atoms with E-state index in [1.54, 1.807) is 0 Å². The maximum Gasteiger partial charge on any atom is 0.404 e. The molecule has 0 spiro atoms. The number of aliphatic carboxylic acids is 1. The molecule has 8 nitrogen and oxygen atoms in total. The first-order valence-corrected chi connectivity index (χ1v) is 6.79. The van der Waals surface area contributed by atoms with E-state index in [1.165, 1.54) is 23.6 Å². The minimum Gasteiger partial charge on any atom is -0.477 e. The summed E-state index contributed by atoms with van der Waals surface area (Å²) in [6.45, 7) is 1.44. The zero-order chi connectivity index (χ0) is 15.0. The first kappa shape index (κ1) is 14.7. The van der Waals surface area contributed by atoms with Gasteiger partial charge in [0, 0.05) is 11.3 Å². The highest BCUT2D eigenvalue weighted by molar-refractivity contribution is 8.04. The van der Waals surface area contributed by atoms with E-state index in [-0.39, 0.29) is 18.7 Å². The summed E-state index contributed by atoms with van der Waals surface area (Å²) < 4.78 is 4.57. The molecule has 0 saturated carbocycles. The van der Waals surface area contributed by atoms with Crippen molar-refractivity contribution in [1.29, 1.82) is 0 Å². The van der Waals surface area contributed by atoms with Crippen LogP contribution in [0.25, 0.3) is 0 Å². The predicted molar refractivity (Wildman–Crippen MR) is 68.2 cm³/mol. The average molecular weight is 302 g/mol. The van der Waals surface area contributed by atoms with E-state index in [1.807, 2.05) is 0 Å². The second-order valence-corrected chi connectivity index (χ2v) is 5.69. The highest BCUT2D eigenvalue weighted by atomic mass is 32.2. The van der Waals surface area contributed by atoms with Gasteiger partial charge in [0.1, 0.15) is 11.1 Å². The van der Waals surface area contributed by atoms with Gasteiger partial charge in [0.05, 0.1) is 18.6 Å². The van der Waals surface area contributed by atoms with Gasteiger partial charge >= 0.3 is 12.1 Å². The Morgan fingerprint density at radius 2 is 2.20 bits per heavy atom. The number of ether oxygens (including phenoxy) is 1. The zero-order valence-electron chi connectivity index (χ0n) is 10.6. The van der Waals surface area contributed by atoms with Crippen molar-refractivity contribution in [3.05, 3.63) is 10.6 Å². The molecule has 4 N–H and O–H groups in total. The number of primary amides is 1. The number of fused-ring (bicyclic) bond motifs is 1. The minimum atomic E-state index is -1.22. The lowest BCUT2D eigenvalue weighted by molar-refractivity contribution is -0.156. The lowest BCUT2D eigenvalue weighted by atomic mass is 9.92. The quantitative estimate of drug-likeness (QED) is 0.593. The summed E-state index contributed by atoms with van der Waals surface area (Å²) in [7, 11) is 0. The summed E-state index contributed by atoms with van der Waals surface area (Å²) in [6.07, 6.45) is -1.61. The van der Waals surface area contributed by atoms with Crippen molar-refractivity contribution in [3.63, 3.8) is 0 Å². The number of hydrogen-bond donors (Lipinski definition) is 3. The van der Waals surface area contributed by atoms with Gasteiger partial charge in [-0.1, -0.05) is 0 Å². The number of carboxylic acid groups (broad SMARTS) is 1. The van der Waals surface area contributed by atoms with Gasteiger partial charge in [0.2, 0.25) is 5.91 Å². The van der Waals surface area contributed by atoms with Gasteiger partial charge in [0.15, 0.2) is 0 Å². The molecule has 20 heavy (non-hydrogen) atoms. The Bertz CT molecular complexity index is 503. The van der Waals surface area contributed by atoms with Gasteiger partial charge in [0.25, 0.3) is 0 Å². The molecule has 0 bridgehead atoms. The number of carbonyl (C=O) groups excluding carboxylic acids is 2. The van der Waals surface area contributed by atoms with Gasteiger partial charge < -0.3 is 20.7 Å². The van der Waals surface area contributed by atoms with Crippen molar-refractivity contribution in [2.75, 3.05) is 6.61 Å². The molecule has 0 aromatic heterocycles. The Morgan fingerprint density at radius 3 is 2.70 bits per heavy atom. The van der Waals surface area contributed by atoms with Crippen LogP contribution >= 0.6 is 11.8 Å². The summed E-state index contributed by atoms with van der Waals surface area (Å²) in [4.78, 5) is 35.2. The molecule has 0 aliphatic carbocycles. The minimum absolute atomic E-state index is 0.0530. The first-order valence-electron chi connectivity index (χ1n) is 5.91. The van der Waals surface area contributed by atoms with E-state index < -0.39 is 35.4 Å². The summed E-state index contributed by atoms with van der Waals surface area (Å²) >= 11 is 1.20. The fourth-order valence-electron chi connectivity index (χ4n) is 2.27. The molecule has 2 heterocycles. The molecule has 0 aromatic rings. The number of rotatable bonds is 5. The number of nitrogens with zero attached hydrogens (tertiary/aromatic N) is 1. The SMILES string of the molecule is C[C@@H](O)[C@H]1C(=O)N2C(C(=O)O)=C(CCOC(N)=O)S[C@H]12. The van der Waals surface area contributed by atoms with Gasteiger partial charge in [-0.2, -0.15) is 0 Å². The molecule has 1 fully saturated rings. The molecule has 110 valence electrons. The second kappa shape index (κ2) is 5.33. The molecule has 0 unspecified atom stereocenters. The van der Waals surface area contributed by atoms with Crippen LogP contribution < -0.4 is 5.73 Å². The van der Waals surface area contributed by atoms with Crippen molar-refractivity contribution in [1.82, 2.24) is 4.90 Å². The molecular weight excluding hydrogens is 288 g/mol. The summed E-state index contributed by atoms with van der Waals surface area (Å²) in [6, 6.07) is 0. The fraction of sp³-hybridized carbons (Fsp3) is 0.545. The van der Waals surface area contributed by atoms with Crippen LogP contribution in [0.2, 0.25) is 0 Å². The third-order valence-corrected chi connectivity index (χ3v) is 4.58. The van der Waals surface area contributed by atoms with Gasteiger partial charge in [-0.3, -0.25) is 9.69 Å². The van der Waals surface area contributed by atoms with Crippen LogP contribution in [0, 0.1) is 5.92 Å². The summed E-state index contributed by atoms with van der Waals surface area (Å²) in [5.41, 5.74) is 4.72. The van der Waals surface area contributed by atoms with Gasteiger partial charge in [-0.25, -0.2) is 9.59 Å². The molecule has 2 aliphatic rings. The van der Waals surface area contributed by atoms with Crippen molar-refractivity contribution in [3.8, 4) is 0 Å². The lowest BCUT2D eigenvalue weighted by Gasteiger charge is -2.43. The summed E-state index contributed by atoms with van der Waals surface area (Å²) in [5, 5.41) is 18.3. The van der Waals surface area contributed by atoms with E-state index in [9.17, 15) is 24.6 Å². The molecule has 1 saturated heterocycles. The second-order valence-electron chi connectivity index (χ2n) is 4.48. The number of amides is 2. The molecule has 0 aromatic carbocycles. The number of carbonyl (C=O) groups is 3. The maximum absolute atomic E-state index is 11.9. The van der Waals surface area contributed by atoms with Crippen LogP contribution in [0.15, 0.2) is 10.6 Å². The van der Waals surface area contributed by atoms with Crippen LogP contribution in [0.3, 0.4) is 0 Å². The first-order chi connectivity index (χ1) is 9.34. The van der Waals surface area contributed by atoms with E-state index in [0.29, 0.717) is 4.91 Å². The highest BCUT2D eigenvalue weighted by Gasteiger charge is 2.57. The largest absolute Gasteiger partial charge is 0.477 e. The molecule has 2 amide bonds. The summed E-state index contributed by atoms with van der Waals surface area (Å²) in [5.74, 6) is -2.23. The molecule has 2 aliphatic heterocycles. The highest BCUT2D eigenvalue weighted by Crippen LogP contribution is 2.51. The normalized spacial score (nSPS) is 26.1. The number of aliphatic hydroxyl groups is 1. The van der Waals surface area contributed by atoms with Crippen LogP contribution in [0.1, 0.15) is 13.3 Å². The number of thioether (sulfide) groups is 1. The molecule has 2 rings (SSSR count). The van der Waals surface area contributed by atoms with Gasteiger partial charge in [-0.05, 0) is 6.92 Å². The van der Waals surface area contributed by atoms with Crippen molar-refractivity contribution >= 4 is 29.7 Å². The molecule has 0 radical (unpaired) electrons. The number of β-lactam (4-membered cyclic amide) rings is 1. The topological polar surface area (TPSA) is 130 Å². The van der Waals surface area contributed by atoms with Crippen molar-refractivity contribution in [2.24, 2.45) is 11.7 Å². The lowest BCUT2D eigenvalue weighted by Crippen LogP contribution is -2.60. The van der Waals surface area contributed by atoms with Crippen molar-refractivity contribution < 1.29 is 29.3 Å². The molecular formula is C11H14N2O6S. The smallest absolute Gasteiger partial charge is 0.404 e. The van der Waals surface area contributed by atoms with Gasteiger partial charge in [-0.15, -0.1) is 11.8 Å². The predicted octanol–water partition coefficient (Wildman–Crippen LogP) is -0.320. The molecule has 9 heteroatoms. The maximum atomic E-state index is 11.9. The Hall–Kier alpha value is -1.74. The van der Waals surface area contributed by atoms with E-state index in [4.69, 9.17) is 5.73 Å². The number of hydrogen-bond acceptors (Lipinski definition) is 6. The van der Waals surface area contributed by atoms with E-state index in [2.05, 4.69) is 4.74 Å². The fourth-order valence-corrected chi connectivity index (χ4v) is 3.87. The average Bonchev–Trinajstić information content (AvgIpc) is 2.63. The Kier molecular flexibility index (Phi) is 3.91. The monoisotopic (exact) mass is 302 g/mol. The zero-order valence-corrected chi connectivity index (χ0v) is 11.4. The van der Waals surface area contributed by atoms with Crippen LogP contribution in [0.5, 0.6) is 0 Å². The Labute approximate surface area is 118 Å². The Morgan fingerprint density at radius 1 is 1.55 bits per heavy atom. The number of nitrogens with two attached hydrogens (primary N) is 1. The number of carboxylic acids is 1. The third kappa shape index (κ3) is 2.34.